The van der Waals surface area contributed by atoms with E-state index in [9.17, 15) is 28.8 Å². The molecule has 3 rings (SSSR count). The van der Waals surface area contributed by atoms with Crippen LogP contribution in [0.25, 0.3) is 0 Å². The summed E-state index contributed by atoms with van der Waals surface area (Å²) in [6.45, 7) is 13.8. The van der Waals surface area contributed by atoms with Crippen LogP contribution in [0.2, 0.25) is 0 Å². The van der Waals surface area contributed by atoms with Gasteiger partial charge in [0.2, 0.25) is 0 Å². The quantitative estimate of drug-likeness (QED) is 0.100. The molecule has 3 amide bonds. The van der Waals surface area contributed by atoms with Gasteiger partial charge >= 0.3 is 36.2 Å². The summed E-state index contributed by atoms with van der Waals surface area (Å²) >= 11 is 0. The van der Waals surface area contributed by atoms with Crippen LogP contribution >= 0.6 is 0 Å². The number of amides is 3. The van der Waals surface area contributed by atoms with Gasteiger partial charge in [0.05, 0.1) is 0 Å². The number of benzene rings is 3. The lowest BCUT2D eigenvalue weighted by atomic mass is 10.1. The molecule has 3 atom stereocenters. The highest BCUT2D eigenvalue weighted by molar-refractivity contribution is 5.84. The van der Waals surface area contributed by atoms with Crippen LogP contribution in [0.1, 0.15) is 79.0 Å². The van der Waals surface area contributed by atoms with Crippen LogP contribution in [0.3, 0.4) is 0 Å². The van der Waals surface area contributed by atoms with Gasteiger partial charge in [0, 0.05) is 19.3 Å². The molecule has 15 nitrogen and oxygen atoms in total. The molecule has 3 aromatic carbocycles. The Balaban J connectivity index is 1.91. The van der Waals surface area contributed by atoms with E-state index < -0.39 is 90.4 Å². The van der Waals surface area contributed by atoms with Crippen molar-refractivity contribution in [3.05, 3.63) is 108 Å². The van der Waals surface area contributed by atoms with Crippen molar-refractivity contribution in [3.63, 3.8) is 0 Å². The molecule has 0 fully saturated rings. The normalized spacial score (nSPS) is 13.1. The van der Waals surface area contributed by atoms with Gasteiger partial charge in [-0.15, -0.1) is 0 Å². The van der Waals surface area contributed by atoms with Crippen molar-refractivity contribution < 1.29 is 57.2 Å². The average molecular weight is 834 g/mol. The Morgan fingerprint density at radius 3 is 0.967 bits per heavy atom. The summed E-state index contributed by atoms with van der Waals surface area (Å²) in [5.74, 6) is -2.76. The Morgan fingerprint density at radius 1 is 0.433 bits per heavy atom. The second kappa shape index (κ2) is 22.3. The highest BCUT2D eigenvalue weighted by atomic mass is 16.6. The first-order chi connectivity index (χ1) is 28.0. The Morgan fingerprint density at radius 2 is 0.700 bits per heavy atom. The van der Waals surface area contributed by atoms with Crippen LogP contribution in [-0.2, 0) is 62.1 Å². The third-order valence-electron chi connectivity index (χ3n) is 7.88. The molecule has 3 N–H and O–H groups in total. The van der Waals surface area contributed by atoms with Gasteiger partial charge in [0.1, 0.15) is 48.1 Å². The maximum absolute atomic E-state index is 13.9. The Kier molecular flexibility index (Phi) is 17.9. The average Bonchev–Trinajstić information content (AvgIpc) is 3.13. The highest BCUT2D eigenvalue weighted by Crippen LogP contribution is 2.14. The third-order valence-corrected chi connectivity index (χ3v) is 7.88. The fourth-order valence-electron chi connectivity index (χ4n) is 5.39. The molecule has 0 heterocycles. The Hall–Kier alpha value is -6.12. The summed E-state index contributed by atoms with van der Waals surface area (Å²) in [7, 11) is 0. The van der Waals surface area contributed by atoms with E-state index in [-0.39, 0.29) is 19.3 Å². The van der Waals surface area contributed by atoms with Gasteiger partial charge < -0.3 is 44.4 Å². The van der Waals surface area contributed by atoms with Crippen LogP contribution in [0.4, 0.5) is 14.4 Å². The number of rotatable bonds is 17. The minimum atomic E-state index is -1.44. The minimum Gasteiger partial charge on any atom is -0.460 e. The summed E-state index contributed by atoms with van der Waals surface area (Å²) < 4.78 is 33.3. The third kappa shape index (κ3) is 19.6. The van der Waals surface area contributed by atoms with Crippen molar-refractivity contribution >= 4 is 36.2 Å². The molecule has 60 heavy (non-hydrogen) atoms. The fourth-order valence-corrected chi connectivity index (χ4v) is 5.39. The first-order valence-corrected chi connectivity index (χ1v) is 19.7. The molecule has 0 unspecified atom stereocenters. The molecular weight excluding hydrogens is 775 g/mol. The number of hydrogen-bond donors (Lipinski definition) is 3. The van der Waals surface area contributed by atoms with Crippen molar-refractivity contribution in [2.75, 3.05) is 13.2 Å². The van der Waals surface area contributed by atoms with Crippen LogP contribution in [0.5, 0.6) is 0 Å². The fraction of sp³-hybridized carbons (Fsp3) is 0.467. The van der Waals surface area contributed by atoms with Crippen molar-refractivity contribution in [2.24, 2.45) is 0 Å². The number of hydrogen-bond acceptors (Lipinski definition) is 12. The monoisotopic (exact) mass is 833 g/mol. The molecule has 0 aromatic heterocycles. The lowest BCUT2D eigenvalue weighted by Crippen LogP contribution is -2.49. The zero-order valence-corrected chi connectivity index (χ0v) is 35.9. The zero-order valence-electron chi connectivity index (χ0n) is 35.9. The first kappa shape index (κ1) is 48.3. The summed E-state index contributed by atoms with van der Waals surface area (Å²) in [6, 6.07) is 22.8. The Labute approximate surface area is 352 Å². The summed E-state index contributed by atoms with van der Waals surface area (Å²) in [5, 5.41) is 7.66. The van der Waals surface area contributed by atoms with E-state index in [0.29, 0.717) is 16.7 Å². The van der Waals surface area contributed by atoms with Crippen molar-refractivity contribution in [1.82, 2.24) is 16.0 Å². The molecule has 326 valence electrons. The summed E-state index contributed by atoms with van der Waals surface area (Å²) in [6.07, 6.45) is -4.02. The van der Waals surface area contributed by atoms with Gasteiger partial charge in [-0.1, -0.05) is 91.0 Å². The van der Waals surface area contributed by atoms with Crippen molar-refractivity contribution in [3.8, 4) is 0 Å². The van der Waals surface area contributed by atoms with Gasteiger partial charge in [0.15, 0.2) is 6.10 Å². The first-order valence-electron chi connectivity index (χ1n) is 19.7. The lowest BCUT2D eigenvalue weighted by molar-refractivity contribution is -0.169. The Bertz CT molecular complexity index is 1760. The van der Waals surface area contributed by atoms with Crippen LogP contribution in [0.15, 0.2) is 91.0 Å². The number of carbonyl (C=O) groups is 6. The van der Waals surface area contributed by atoms with Gasteiger partial charge in [-0.25, -0.2) is 28.8 Å². The molecule has 0 aliphatic carbocycles. The van der Waals surface area contributed by atoms with E-state index >= 15 is 0 Å². The van der Waals surface area contributed by atoms with Crippen LogP contribution in [0, 0.1) is 0 Å². The van der Waals surface area contributed by atoms with Gasteiger partial charge in [0.25, 0.3) is 0 Å². The van der Waals surface area contributed by atoms with Crippen LogP contribution < -0.4 is 16.0 Å². The molecule has 0 aliphatic heterocycles. The highest BCUT2D eigenvalue weighted by Gasteiger charge is 2.33. The largest absolute Gasteiger partial charge is 0.460 e. The van der Waals surface area contributed by atoms with Crippen LogP contribution in [-0.4, -0.2) is 90.4 Å². The number of carbonyl (C=O) groups excluding carboxylic acids is 6. The molecule has 15 heteroatoms. The van der Waals surface area contributed by atoms with Crippen molar-refractivity contribution in [2.45, 2.75) is 123 Å². The topological polar surface area (TPSA) is 194 Å². The minimum absolute atomic E-state index is 0.0108. The summed E-state index contributed by atoms with van der Waals surface area (Å²) in [4.78, 5) is 79.9. The van der Waals surface area contributed by atoms with E-state index in [4.69, 9.17) is 28.4 Å². The molecule has 0 aliphatic rings. The number of nitrogens with one attached hydrogen (secondary N) is 3. The van der Waals surface area contributed by atoms with E-state index in [0.717, 1.165) is 0 Å². The predicted octanol–water partition coefficient (Wildman–Crippen LogP) is 6.39. The van der Waals surface area contributed by atoms with E-state index in [2.05, 4.69) is 16.0 Å². The van der Waals surface area contributed by atoms with Gasteiger partial charge in [-0.2, -0.15) is 0 Å². The molecule has 0 radical (unpaired) electrons. The van der Waals surface area contributed by atoms with Gasteiger partial charge in [-0.3, -0.25) is 0 Å². The molecule has 0 saturated carbocycles. The zero-order chi connectivity index (χ0) is 44.5. The SMILES string of the molecule is CC(C)(C)OC(=O)N[C@@H](Cc1ccccc1)C(=O)OCC(COC(=O)[C@H](Cc1ccccc1)NC(=O)OC(C)(C)C)OC(=O)[C@H](Cc1ccccc1)NC(=O)OC(C)(C)C. The smallest absolute Gasteiger partial charge is 0.408 e. The van der Waals surface area contributed by atoms with E-state index in [1.807, 2.05) is 0 Å². The van der Waals surface area contributed by atoms with Gasteiger partial charge in [-0.05, 0) is 79.0 Å². The number of alkyl carbamates (subject to hydrolysis) is 3. The maximum atomic E-state index is 13.9. The molecule has 0 spiro atoms. The maximum Gasteiger partial charge on any atom is 0.408 e. The van der Waals surface area contributed by atoms with Crippen molar-refractivity contribution in [1.29, 1.82) is 0 Å². The molecule has 3 aromatic rings. The standard InChI is InChI=1S/C45H59N3O12/c1-43(2,3)58-40(52)46-34(25-30-19-13-10-14-20-30)37(49)55-28-33(57-39(51)36(27-32-23-17-12-18-24-32)48-42(54)60-45(7,8)9)29-56-38(50)35(26-31-21-15-11-16-22-31)47-41(53)59-44(4,5)6/h10-24,33-36H,25-29H2,1-9H3,(H,46,52)(H,47,53)(H,48,54)/t34-,35-,36-/m0/s1. The predicted molar refractivity (Wildman–Crippen MR) is 222 cm³/mol. The lowest BCUT2D eigenvalue weighted by Gasteiger charge is -2.26. The van der Waals surface area contributed by atoms with E-state index in [1.54, 1.807) is 153 Å². The molecule has 0 bridgehead atoms. The molecular formula is C45H59N3O12. The van der Waals surface area contributed by atoms with E-state index in [1.165, 1.54) is 0 Å². The number of esters is 3. The summed E-state index contributed by atoms with van der Waals surface area (Å²) in [5.41, 5.74) is -0.538. The number of ether oxygens (including phenoxy) is 6. The second-order valence-electron chi connectivity index (χ2n) is 17.0. The second-order valence-corrected chi connectivity index (χ2v) is 17.0. The molecule has 0 saturated heterocycles.